The van der Waals surface area contributed by atoms with Crippen LogP contribution in [0.4, 0.5) is 0 Å². The highest BCUT2D eigenvalue weighted by molar-refractivity contribution is 9.10. The number of hydrogen-bond donors (Lipinski definition) is 0. The molecule has 0 saturated carbocycles. The third kappa shape index (κ3) is 1.54. The summed E-state index contributed by atoms with van der Waals surface area (Å²) in [6, 6.07) is 12.2. The number of benzene rings is 2. The van der Waals surface area contributed by atoms with Crippen molar-refractivity contribution in [3.8, 4) is 11.8 Å². The predicted octanol–water partition coefficient (Wildman–Crippen LogP) is 3.79. The van der Waals surface area contributed by atoms with Crippen LogP contribution in [0, 0.1) is 18.8 Å². The van der Waals surface area contributed by atoms with E-state index >= 15 is 0 Å². The van der Waals surface area contributed by atoms with Crippen LogP contribution >= 0.6 is 15.9 Å². The first-order valence-electron chi connectivity index (χ1n) is 4.28. The molecule has 2 aromatic rings. The average molecular weight is 244 g/mol. The Kier molecular flexibility index (Phi) is 2.56. The van der Waals surface area contributed by atoms with Gasteiger partial charge in [-0.2, -0.15) is 0 Å². The van der Waals surface area contributed by atoms with Gasteiger partial charge in [0.2, 0.25) is 0 Å². The van der Waals surface area contributed by atoms with E-state index in [0.29, 0.717) is 0 Å². The van der Waals surface area contributed by atoms with Gasteiger partial charge in [-0.25, -0.2) is 0 Å². The van der Waals surface area contributed by atoms with E-state index in [2.05, 4.69) is 46.8 Å². The average Bonchev–Trinajstić information content (AvgIpc) is 2.19. The van der Waals surface area contributed by atoms with Gasteiger partial charge in [0.05, 0.1) is 0 Å². The Morgan fingerprint density at radius 3 is 2.50 bits per heavy atom. The molecular formula is C13H8Br. The first-order chi connectivity index (χ1) is 6.83. The second-order valence-corrected chi connectivity index (χ2v) is 3.80. The van der Waals surface area contributed by atoms with Crippen LogP contribution in [0.15, 0.2) is 40.9 Å². The molecule has 0 spiro atoms. The molecule has 0 aliphatic heterocycles. The molecule has 0 aromatic heterocycles. The van der Waals surface area contributed by atoms with Crippen molar-refractivity contribution >= 4 is 26.7 Å². The fraction of sp³-hybridized carbons (Fsp3) is 0. The van der Waals surface area contributed by atoms with Crippen LogP contribution in [-0.4, -0.2) is 0 Å². The second kappa shape index (κ2) is 3.86. The van der Waals surface area contributed by atoms with Crippen molar-refractivity contribution in [2.24, 2.45) is 0 Å². The van der Waals surface area contributed by atoms with E-state index in [1.807, 2.05) is 24.3 Å². The number of halogens is 1. The molecule has 0 bridgehead atoms. The number of hydrogen-bond acceptors (Lipinski definition) is 0. The summed E-state index contributed by atoms with van der Waals surface area (Å²) in [5.41, 5.74) is 1.02. The van der Waals surface area contributed by atoms with Gasteiger partial charge in [-0.15, -0.1) is 0 Å². The molecule has 14 heavy (non-hydrogen) atoms. The molecule has 0 atom stereocenters. The summed E-state index contributed by atoms with van der Waals surface area (Å²) in [6.45, 7) is 3.54. The molecule has 0 aliphatic carbocycles. The molecule has 0 heterocycles. The lowest BCUT2D eigenvalue weighted by Gasteiger charge is -2.02. The molecule has 2 rings (SSSR count). The summed E-state index contributed by atoms with van der Waals surface area (Å²) in [5.74, 6) is 5.68. The van der Waals surface area contributed by atoms with E-state index in [4.69, 9.17) is 0 Å². The molecule has 0 saturated heterocycles. The Balaban J connectivity index is 2.88. The van der Waals surface area contributed by atoms with Gasteiger partial charge in [0, 0.05) is 22.3 Å². The van der Waals surface area contributed by atoms with Crippen LogP contribution in [0.2, 0.25) is 0 Å². The zero-order valence-electron chi connectivity index (χ0n) is 7.55. The maximum absolute atomic E-state index is 3.54. The molecule has 0 unspecified atom stereocenters. The second-order valence-electron chi connectivity index (χ2n) is 2.95. The molecule has 0 N–H and O–H groups in total. The predicted molar refractivity (Wildman–Crippen MR) is 63.9 cm³/mol. The third-order valence-corrected chi connectivity index (χ3v) is 2.74. The standard InChI is InChI=1S/C13H8Br/c1-2-5-10-6-3-7-11-8-4-9-12(14)13(10)11/h3-4,6-9H,1H2. The Hall–Kier alpha value is -1.26. The molecule has 0 amide bonds. The summed E-state index contributed by atoms with van der Waals surface area (Å²) < 4.78 is 1.08. The fourth-order valence-electron chi connectivity index (χ4n) is 1.49. The smallest absolute Gasteiger partial charge is 0.0335 e. The van der Waals surface area contributed by atoms with E-state index in [0.717, 1.165) is 15.4 Å². The number of fused-ring (bicyclic) bond motifs is 1. The van der Waals surface area contributed by atoms with Crippen molar-refractivity contribution in [2.75, 3.05) is 0 Å². The van der Waals surface area contributed by atoms with Gasteiger partial charge < -0.3 is 0 Å². The van der Waals surface area contributed by atoms with Crippen LogP contribution in [0.1, 0.15) is 5.56 Å². The molecule has 0 nitrogen and oxygen atoms in total. The fourth-order valence-corrected chi connectivity index (χ4v) is 2.09. The summed E-state index contributed by atoms with van der Waals surface area (Å²) in [5, 5.41) is 2.35. The summed E-state index contributed by atoms with van der Waals surface area (Å²) in [6.07, 6.45) is 0. The lowest BCUT2D eigenvalue weighted by molar-refractivity contribution is 1.67. The van der Waals surface area contributed by atoms with Gasteiger partial charge in [-0.3, -0.25) is 0 Å². The Morgan fingerprint density at radius 2 is 1.79 bits per heavy atom. The van der Waals surface area contributed by atoms with Crippen LogP contribution in [0.5, 0.6) is 0 Å². The van der Waals surface area contributed by atoms with Gasteiger partial charge >= 0.3 is 0 Å². The van der Waals surface area contributed by atoms with Crippen molar-refractivity contribution in [3.05, 3.63) is 53.4 Å². The van der Waals surface area contributed by atoms with Gasteiger partial charge in [-0.05, 0) is 17.5 Å². The Morgan fingerprint density at radius 1 is 1.07 bits per heavy atom. The maximum atomic E-state index is 3.54. The normalized spacial score (nSPS) is 9.57. The van der Waals surface area contributed by atoms with Gasteiger partial charge in [0.1, 0.15) is 0 Å². The van der Waals surface area contributed by atoms with E-state index < -0.39 is 0 Å². The summed E-state index contributed by atoms with van der Waals surface area (Å²) in [4.78, 5) is 0. The van der Waals surface area contributed by atoms with Gasteiger partial charge in [0.15, 0.2) is 0 Å². The number of rotatable bonds is 0. The van der Waals surface area contributed by atoms with Crippen molar-refractivity contribution in [1.82, 2.24) is 0 Å². The minimum Gasteiger partial charge on any atom is -0.0969 e. The molecule has 1 heteroatoms. The first-order valence-corrected chi connectivity index (χ1v) is 5.07. The quantitative estimate of drug-likeness (QED) is 0.618. The van der Waals surface area contributed by atoms with Crippen LogP contribution < -0.4 is 0 Å². The van der Waals surface area contributed by atoms with Crippen LogP contribution in [0.3, 0.4) is 0 Å². The van der Waals surface area contributed by atoms with Gasteiger partial charge in [-0.1, -0.05) is 52.0 Å². The van der Waals surface area contributed by atoms with Crippen LogP contribution in [0.25, 0.3) is 10.8 Å². The van der Waals surface area contributed by atoms with E-state index in [9.17, 15) is 0 Å². The largest absolute Gasteiger partial charge is 0.0969 e. The molecule has 1 radical (unpaired) electrons. The van der Waals surface area contributed by atoms with E-state index in [1.54, 1.807) is 0 Å². The molecule has 0 fully saturated rings. The molecule has 67 valence electrons. The lowest BCUT2D eigenvalue weighted by atomic mass is 10.1. The van der Waals surface area contributed by atoms with Gasteiger partial charge in [0.25, 0.3) is 0 Å². The highest BCUT2D eigenvalue weighted by atomic mass is 79.9. The minimum absolute atomic E-state index is 1.02. The van der Waals surface area contributed by atoms with Crippen LogP contribution in [-0.2, 0) is 0 Å². The minimum atomic E-state index is 1.02. The topological polar surface area (TPSA) is 0 Å². The summed E-state index contributed by atoms with van der Waals surface area (Å²) >= 11 is 3.53. The third-order valence-electron chi connectivity index (χ3n) is 2.08. The highest BCUT2D eigenvalue weighted by Crippen LogP contribution is 2.26. The van der Waals surface area contributed by atoms with E-state index in [1.165, 1.54) is 5.39 Å². The van der Waals surface area contributed by atoms with Crippen molar-refractivity contribution in [3.63, 3.8) is 0 Å². The molecule has 0 aliphatic rings. The SMILES string of the molecule is [CH2]C#Cc1cccc2cccc(Br)c12. The monoisotopic (exact) mass is 243 g/mol. The van der Waals surface area contributed by atoms with Crippen molar-refractivity contribution in [1.29, 1.82) is 0 Å². The van der Waals surface area contributed by atoms with Crippen molar-refractivity contribution in [2.45, 2.75) is 0 Å². The lowest BCUT2D eigenvalue weighted by Crippen LogP contribution is -1.80. The molecular weight excluding hydrogens is 236 g/mol. The highest BCUT2D eigenvalue weighted by Gasteiger charge is 2.01. The zero-order chi connectivity index (χ0) is 9.97. The summed E-state index contributed by atoms with van der Waals surface area (Å²) in [7, 11) is 0. The first kappa shape index (κ1) is 9.30. The van der Waals surface area contributed by atoms with E-state index in [-0.39, 0.29) is 0 Å². The Labute approximate surface area is 92.1 Å². The maximum Gasteiger partial charge on any atom is 0.0335 e. The Bertz CT molecular complexity index is 524. The zero-order valence-corrected chi connectivity index (χ0v) is 9.14. The van der Waals surface area contributed by atoms with Crippen molar-refractivity contribution < 1.29 is 0 Å². The molecule has 2 aromatic carbocycles.